The summed E-state index contributed by atoms with van der Waals surface area (Å²) in [6, 6.07) is 9.17. The normalized spacial score (nSPS) is 31.4. The zero-order valence-corrected chi connectivity index (χ0v) is 17.7. The molecule has 0 amide bonds. The summed E-state index contributed by atoms with van der Waals surface area (Å²) in [5.74, 6) is 0.622. The molecule has 4 heteroatoms. The van der Waals surface area contributed by atoms with Crippen LogP contribution < -0.4 is 10.2 Å². The molecule has 154 valence electrons. The van der Waals surface area contributed by atoms with Crippen LogP contribution in [-0.4, -0.2) is 61.9 Å². The predicted octanol–water partition coefficient (Wildman–Crippen LogP) is 3.23. The number of hydrogen-bond donors (Lipinski definition) is 1. The molecule has 1 N–H and O–H groups in total. The molecule has 1 aliphatic carbocycles. The van der Waals surface area contributed by atoms with Crippen molar-refractivity contribution in [2.75, 3.05) is 37.7 Å². The fourth-order valence-electron chi connectivity index (χ4n) is 5.82. The van der Waals surface area contributed by atoms with Gasteiger partial charge in [-0.15, -0.1) is 0 Å². The van der Waals surface area contributed by atoms with Gasteiger partial charge in [-0.3, -0.25) is 4.90 Å². The van der Waals surface area contributed by atoms with Crippen molar-refractivity contribution in [2.45, 2.75) is 76.6 Å². The Morgan fingerprint density at radius 1 is 1.04 bits per heavy atom. The van der Waals surface area contributed by atoms with Gasteiger partial charge in [0.05, 0.1) is 12.7 Å². The highest BCUT2D eigenvalue weighted by Gasteiger charge is 2.38. The van der Waals surface area contributed by atoms with Crippen LogP contribution in [-0.2, 0) is 17.6 Å². The highest BCUT2D eigenvalue weighted by Crippen LogP contribution is 2.30. The maximum absolute atomic E-state index is 6.11. The molecule has 5 rings (SSSR count). The van der Waals surface area contributed by atoms with Crippen LogP contribution in [0.2, 0.25) is 0 Å². The molecule has 0 aromatic heterocycles. The Balaban J connectivity index is 1.11. The van der Waals surface area contributed by atoms with Gasteiger partial charge in [0.2, 0.25) is 0 Å². The Kier molecular flexibility index (Phi) is 5.38. The Morgan fingerprint density at radius 2 is 1.86 bits per heavy atom. The van der Waals surface area contributed by atoms with Crippen molar-refractivity contribution in [1.29, 1.82) is 0 Å². The third-order valence-electron chi connectivity index (χ3n) is 7.60. The average molecular weight is 384 g/mol. The summed E-state index contributed by atoms with van der Waals surface area (Å²) in [4.78, 5) is 5.29. The Hall–Kier alpha value is -1.10. The molecule has 3 aliphatic heterocycles. The third-order valence-corrected chi connectivity index (χ3v) is 7.60. The zero-order chi connectivity index (χ0) is 19.1. The smallest absolute Gasteiger partial charge is 0.0725 e. The van der Waals surface area contributed by atoms with E-state index in [0.717, 1.165) is 13.2 Å². The monoisotopic (exact) mass is 383 g/mol. The molecule has 3 heterocycles. The molecule has 0 saturated carbocycles. The zero-order valence-electron chi connectivity index (χ0n) is 17.7. The summed E-state index contributed by atoms with van der Waals surface area (Å²) in [7, 11) is 0. The number of piperidine rings is 1. The third kappa shape index (κ3) is 3.83. The average Bonchev–Trinajstić information content (AvgIpc) is 3.33. The minimum absolute atomic E-state index is 0.422. The van der Waals surface area contributed by atoms with Crippen molar-refractivity contribution >= 4 is 5.69 Å². The summed E-state index contributed by atoms with van der Waals surface area (Å²) in [6.45, 7) is 10.2. The SMILES string of the molecule is CC(C)[C@@H]1CN2C[C@H](NC3CCN(c4ccc5c(c4)CCC5)CC3)C[C@H]2CO1. The summed E-state index contributed by atoms with van der Waals surface area (Å²) in [5.41, 5.74) is 4.64. The number of anilines is 1. The van der Waals surface area contributed by atoms with Crippen LogP contribution in [0.25, 0.3) is 0 Å². The van der Waals surface area contributed by atoms with Crippen LogP contribution in [0.5, 0.6) is 0 Å². The van der Waals surface area contributed by atoms with Crippen LogP contribution in [0.15, 0.2) is 18.2 Å². The van der Waals surface area contributed by atoms with Gasteiger partial charge in [-0.05, 0) is 67.7 Å². The topological polar surface area (TPSA) is 27.7 Å². The first-order chi connectivity index (χ1) is 13.7. The molecule has 3 atom stereocenters. The number of fused-ring (bicyclic) bond motifs is 2. The van der Waals surface area contributed by atoms with Crippen molar-refractivity contribution in [3.8, 4) is 0 Å². The molecule has 1 aromatic carbocycles. The van der Waals surface area contributed by atoms with Crippen molar-refractivity contribution in [3.05, 3.63) is 29.3 Å². The van der Waals surface area contributed by atoms with Gasteiger partial charge in [-0.25, -0.2) is 0 Å². The lowest BCUT2D eigenvalue weighted by molar-refractivity contribution is -0.0683. The minimum Gasteiger partial charge on any atom is -0.375 e. The van der Waals surface area contributed by atoms with Crippen LogP contribution in [0, 0.1) is 5.92 Å². The van der Waals surface area contributed by atoms with Gasteiger partial charge < -0.3 is 15.0 Å². The number of aryl methyl sites for hydroxylation is 2. The van der Waals surface area contributed by atoms with E-state index in [0.29, 0.717) is 30.1 Å². The highest BCUT2D eigenvalue weighted by atomic mass is 16.5. The van der Waals surface area contributed by atoms with Crippen LogP contribution in [0.4, 0.5) is 5.69 Å². The van der Waals surface area contributed by atoms with Crippen molar-refractivity contribution < 1.29 is 4.74 Å². The van der Waals surface area contributed by atoms with E-state index in [9.17, 15) is 0 Å². The molecule has 1 aromatic rings. The van der Waals surface area contributed by atoms with Gasteiger partial charge in [0.15, 0.2) is 0 Å². The molecule has 4 aliphatic rings. The van der Waals surface area contributed by atoms with E-state index < -0.39 is 0 Å². The largest absolute Gasteiger partial charge is 0.375 e. The lowest BCUT2D eigenvalue weighted by Gasteiger charge is -2.37. The Bertz CT molecular complexity index is 682. The van der Waals surface area contributed by atoms with E-state index in [-0.39, 0.29) is 0 Å². The maximum Gasteiger partial charge on any atom is 0.0725 e. The number of ether oxygens (including phenoxy) is 1. The summed E-state index contributed by atoms with van der Waals surface area (Å²) >= 11 is 0. The molecule has 0 bridgehead atoms. The predicted molar refractivity (Wildman–Crippen MR) is 115 cm³/mol. The highest BCUT2D eigenvalue weighted by molar-refractivity contribution is 5.52. The summed E-state index contributed by atoms with van der Waals surface area (Å²) < 4.78 is 6.11. The van der Waals surface area contributed by atoms with Crippen LogP contribution in [0.3, 0.4) is 0 Å². The van der Waals surface area contributed by atoms with E-state index in [2.05, 4.69) is 47.2 Å². The Morgan fingerprint density at radius 3 is 2.68 bits per heavy atom. The molecule has 28 heavy (non-hydrogen) atoms. The van der Waals surface area contributed by atoms with Gasteiger partial charge in [0, 0.05) is 50.0 Å². The fraction of sp³-hybridized carbons (Fsp3) is 0.750. The van der Waals surface area contributed by atoms with E-state index in [1.165, 1.54) is 63.8 Å². The Labute approximate surface area is 170 Å². The first kappa shape index (κ1) is 18.9. The van der Waals surface area contributed by atoms with E-state index >= 15 is 0 Å². The quantitative estimate of drug-likeness (QED) is 0.864. The van der Waals surface area contributed by atoms with Crippen LogP contribution in [0.1, 0.15) is 50.7 Å². The number of benzene rings is 1. The summed E-state index contributed by atoms with van der Waals surface area (Å²) in [6.07, 6.45) is 8.12. The van der Waals surface area contributed by atoms with Gasteiger partial charge in [-0.2, -0.15) is 0 Å². The molecular formula is C24H37N3O. The molecule has 3 fully saturated rings. The lowest BCUT2D eigenvalue weighted by Crippen LogP contribution is -2.49. The molecule has 4 nitrogen and oxygen atoms in total. The van der Waals surface area contributed by atoms with Crippen molar-refractivity contribution in [3.63, 3.8) is 0 Å². The molecule has 0 spiro atoms. The maximum atomic E-state index is 6.11. The number of hydrogen-bond acceptors (Lipinski definition) is 4. The molecule has 3 saturated heterocycles. The van der Waals surface area contributed by atoms with E-state index in [1.54, 1.807) is 11.1 Å². The lowest BCUT2D eigenvalue weighted by atomic mass is 10.0. The number of nitrogens with zero attached hydrogens (tertiary/aromatic N) is 2. The van der Waals surface area contributed by atoms with Gasteiger partial charge in [0.25, 0.3) is 0 Å². The molecule has 0 unspecified atom stereocenters. The second-order valence-corrected chi connectivity index (χ2v) is 9.89. The molecular weight excluding hydrogens is 346 g/mol. The van der Waals surface area contributed by atoms with E-state index in [1.807, 2.05) is 0 Å². The number of morpholine rings is 1. The minimum atomic E-state index is 0.422. The second kappa shape index (κ2) is 7.97. The number of rotatable bonds is 4. The van der Waals surface area contributed by atoms with Gasteiger partial charge in [0.1, 0.15) is 0 Å². The first-order valence-electron chi connectivity index (χ1n) is 11.6. The fourth-order valence-corrected chi connectivity index (χ4v) is 5.82. The molecule has 0 radical (unpaired) electrons. The standard InChI is InChI=1S/C24H37N3O/c1-17(2)24-15-27-14-21(13-23(27)16-28-24)25-20-8-10-26(11-9-20)22-7-6-18-4-3-5-19(18)12-22/h6-7,12,17,20-21,23-25H,3-5,8-11,13-16H2,1-2H3/t21-,23+,24+/m1/s1. The van der Waals surface area contributed by atoms with E-state index in [4.69, 9.17) is 4.74 Å². The first-order valence-corrected chi connectivity index (χ1v) is 11.6. The summed E-state index contributed by atoms with van der Waals surface area (Å²) in [5, 5.41) is 4.01. The van der Waals surface area contributed by atoms with Gasteiger partial charge >= 0.3 is 0 Å². The van der Waals surface area contributed by atoms with Crippen molar-refractivity contribution in [1.82, 2.24) is 10.2 Å². The second-order valence-electron chi connectivity index (χ2n) is 9.89. The van der Waals surface area contributed by atoms with Gasteiger partial charge in [-0.1, -0.05) is 19.9 Å². The van der Waals surface area contributed by atoms with Crippen LogP contribution >= 0.6 is 0 Å². The van der Waals surface area contributed by atoms with Crippen molar-refractivity contribution in [2.24, 2.45) is 5.92 Å². The number of nitrogens with one attached hydrogen (secondary N) is 1.